The summed E-state index contributed by atoms with van der Waals surface area (Å²) < 4.78 is 6.40. The summed E-state index contributed by atoms with van der Waals surface area (Å²) in [5.41, 5.74) is 1.52. The lowest BCUT2D eigenvalue weighted by molar-refractivity contribution is -0.368. The van der Waals surface area contributed by atoms with Crippen LogP contribution in [0.5, 0.6) is 0 Å². The van der Waals surface area contributed by atoms with Gasteiger partial charge in [0.25, 0.3) is 0 Å². The zero-order valence-corrected chi connectivity index (χ0v) is 13.0. The van der Waals surface area contributed by atoms with Crippen LogP contribution in [-0.2, 0) is 14.5 Å². The highest BCUT2D eigenvalue weighted by atomic mass is 17.3. The topological polar surface area (TPSA) is 27.7 Å². The van der Waals surface area contributed by atoms with E-state index in [0.29, 0.717) is 5.92 Å². The van der Waals surface area contributed by atoms with Gasteiger partial charge in [0.2, 0.25) is 11.6 Å². The normalized spacial score (nSPS) is 37.6. The summed E-state index contributed by atoms with van der Waals surface area (Å²) in [6.07, 6.45) is 7.18. The zero-order valence-electron chi connectivity index (χ0n) is 13.0. The minimum Gasteiger partial charge on any atom is -0.311 e. The molecule has 0 amide bonds. The second-order valence-corrected chi connectivity index (χ2v) is 5.88. The van der Waals surface area contributed by atoms with Gasteiger partial charge in [-0.15, -0.1) is 0 Å². The monoisotopic (exact) mass is 268 g/mol. The van der Waals surface area contributed by atoms with Crippen LogP contribution in [0.15, 0.2) is 11.6 Å². The van der Waals surface area contributed by atoms with Crippen molar-refractivity contribution < 1.29 is 14.5 Å². The van der Waals surface area contributed by atoms with Crippen molar-refractivity contribution in [1.29, 1.82) is 0 Å². The Kier molecular flexibility index (Phi) is 4.38. The first-order chi connectivity index (χ1) is 9.05. The number of rotatable bonds is 4. The summed E-state index contributed by atoms with van der Waals surface area (Å²) in [4.78, 5) is 11.5. The van der Waals surface area contributed by atoms with Crippen LogP contribution in [-0.4, -0.2) is 11.6 Å². The molecule has 1 heterocycles. The van der Waals surface area contributed by atoms with Crippen LogP contribution in [0.25, 0.3) is 0 Å². The maximum atomic E-state index is 6.40. The van der Waals surface area contributed by atoms with Crippen molar-refractivity contribution >= 4 is 0 Å². The van der Waals surface area contributed by atoms with Gasteiger partial charge in [0.05, 0.1) is 0 Å². The third kappa shape index (κ3) is 2.37. The van der Waals surface area contributed by atoms with E-state index >= 15 is 0 Å². The van der Waals surface area contributed by atoms with Crippen LogP contribution in [0.2, 0.25) is 0 Å². The molecule has 3 unspecified atom stereocenters. The van der Waals surface area contributed by atoms with Crippen molar-refractivity contribution in [2.24, 2.45) is 11.8 Å². The molecular weight excluding hydrogens is 240 g/mol. The van der Waals surface area contributed by atoms with Crippen molar-refractivity contribution in [3.05, 3.63) is 11.6 Å². The molecule has 3 nitrogen and oxygen atoms in total. The second-order valence-electron chi connectivity index (χ2n) is 5.88. The van der Waals surface area contributed by atoms with Crippen molar-refractivity contribution in [2.45, 2.75) is 78.3 Å². The number of hydrogen-bond acceptors (Lipinski definition) is 3. The zero-order chi connectivity index (χ0) is 14.1. The molecule has 0 aromatic heterocycles. The third-order valence-electron chi connectivity index (χ3n) is 4.89. The first-order valence-electron chi connectivity index (χ1n) is 7.82. The Hall–Kier alpha value is -0.380. The van der Waals surface area contributed by atoms with Gasteiger partial charge >= 0.3 is 0 Å². The van der Waals surface area contributed by atoms with Crippen molar-refractivity contribution in [3.63, 3.8) is 0 Å². The number of allylic oxidation sites excluding steroid dienone is 1. The van der Waals surface area contributed by atoms with Crippen LogP contribution >= 0.6 is 0 Å². The third-order valence-corrected chi connectivity index (χ3v) is 4.89. The summed E-state index contributed by atoms with van der Waals surface area (Å²) in [5.74, 6) is -0.526. The first kappa shape index (κ1) is 15.0. The predicted molar refractivity (Wildman–Crippen MR) is 75.2 cm³/mol. The van der Waals surface area contributed by atoms with Crippen molar-refractivity contribution in [1.82, 2.24) is 0 Å². The van der Waals surface area contributed by atoms with Crippen LogP contribution in [0, 0.1) is 11.8 Å². The van der Waals surface area contributed by atoms with Gasteiger partial charge in [-0.1, -0.05) is 46.3 Å². The molecule has 1 spiro atoms. The van der Waals surface area contributed by atoms with Crippen LogP contribution < -0.4 is 0 Å². The van der Waals surface area contributed by atoms with Gasteiger partial charge in [-0.3, -0.25) is 0 Å². The fraction of sp³-hybridized carbons (Fsp3) is 0.875. The Morgan fingerprint density at radius 3 is 2.32 bits per heavy atom. The van der Waals surface area contributed by atoms with E-state index in [1.807, 2.05) is 0 Å². The fourth-order valence-electron chi connectivity index (χ4n) is 3.36. The van der Waals surface area contributed by atoms with E-state index in [2.05, 4.69) is 40.7 Å². The van der Waals surface area contributed by atoms with E-state index < -0.39 is 11.6 Å². The highest BCUT2D eigenvalue weighted by Crippen LogP contribution is 2.51. The Bertz CT molecular complexity index is 346. The second kappa shape index (κ2) is 5.55. The average molecular weight is 268 g/mol. The van der Waals surface area contributed by atoms with Crippen molar-refractivity contribution in [3.8, 4) is 0 Å². The molecule has 3 heteroatoms. The van der Waals surface area contributed by atoms with Crippen LogP contribution in [0.1, 0.15) is 66.7 Å². The largest absolute Gasteiger partial charge is 0.311 e. The minimum atomic E-state index is -0.584. The molecule has 0 bridgehead atoms. The highest BCUT2D eigenvalue weighted by molar-refractivity contribution is 5.14. The molecular formula is C16H28O3. The molecule has 3 atom stereocenters. The summed E-state index contributed by atoms with van der Waals surface area (Å²) in [6, 6.07) is 0. The molecule has 0 N–H and O–H groups in total. The summed E-state index contributed by atoms with van der Waals surface area (Å²) >= 11 is 0. The van der Waals surface area contributed by atoms with E-state index in [9.17, 15) is 0 Å². The first-order valence-corrected chi connectivity index (χ1v) is 7.82. The summed E-state index contributed by atoms with van der Waals surface area (Å²) in [7, 11) is 0. The Labute approximate surface area is 117 Å². The van der Waals surface area contributed by atoms with Crippen LogP contribution in [0.4, 0.5) is 0 Å². The van der Waals surface area contributed by atoms with E-state index in [0.717, 1.165) is 32.1 Å². The maximum Gasteiger partial charge on any atom is 0.213 e. The van der Waals surface area contributed by atoms with Gasteiger partial charge in [-0.2, -0.15) is 9.78 Å². The lowest BCUT2D eigenvalue weighted by Crippen LogP contribution is -2.48. The molecule has 0 radical (unpaired) electrons. The predicted octanol–water partition coefficient (Wildman–Crippen LogP) is 4.58. The van der Waals surface area contributed by atoms with E-state index in [4.69, 9.17) is 14.5 Å². The van der Waals surface area contributed by atoms with E-state index in [1.54, 1.807) is 0 Å². The summed E-state index contributed by atoms with van der Waals surface area (Å²) in [6.45, 7) is 10.8. The molecule has 1 saturated heterocycles. The quantitative estimate of drug-likeness (QED) is 0.552. The highest BCUT2D eigenvalue weighted by Gasteiger charge is 2.58. The molecule has 2 rings (SSSR count). The standard InChI is InChI=1S/C16H28O3/c1-6-13-10-12(5)16(14(7-2)11-13)17-15(8-3,9-4)18-19-16/h10,12,14H,6-9,11H2,1-5H3. The van der Waals surface area contributed by atoms with Gasteiger partial charge in [-0.05, 0) is 19.3 Å². The Morgan fingerprint density at radius 1 is 1.16 bits per heavy atom. The lowest BCUT2D eigenvalue weighted by Gasteiger charge is -2.41. The van der Waals surface area contributed by atoms with E-state index in [-0.39, 0.29) is 5.92 Å². The molecule has 0 aromatic carbocycles. The minimum absolute atomic E-state index is 0.237. The van der Waals surface area contributed by atoms with Crippen LogP contribution in [0.3, 0.4) is 0 Å². The lowest BCUT2D eigenvalue weighted by atomic mass is 9.75. The van der Waals surface area contributed by atoms with Gasteiger partial charge in [0, 0.05) is 24.7 Å². The SMILES string of the molecule is CCC1=CC(C)C2(OOC(CC)(CC)O2)C(CC)C1. The summed E-state index contributed by atoms with van der Waals surface area (Å²) in [5, 5.41) is 0. The molecule has 1 fully saturated rings. The number of hydrogen-bond donors (Lipinski definition) is 0. The average Bonchev–Trinajstić information content (AvgIpc) is 2.84. The molecule has 110 valence electrons. The smallest absolute Gasteiger partial charge is 0.213 e. The number of ether oxygens (including phenoxy) is 1. The van der Waals surface area contributed by atoms with Gasteiger partial charge in [0.15, 0.2) is 0 Å². The molecule has 1 aliphatic carbocycles. The Morgan fingerprint density at radius 2 is 1.84 bits per heavy atom. The van der Waals surface area contributed by atoms with E-state index in [1.165, 1.54) is 5.57 Å². The Balaban J connectivity index is 2.29. The van der Waals surface area contributed by atoms with Crippen molar-refractivity contribution in [2.75, 3.05) is 0 Å². The molecule has 0 aromatic rings. The maximum absolute atomic E-state index is 6.40. The molecule has 1 aliphatic heterocycles. The van der Waals surface area contributed by atoms with Gasteiger partial charge < -0.3 is 4.74 Å². The molecule has 19 heavy (non-hydrogen) atoms. The molecule has 0 saturated carbocycles. The van der Waals surface area contributed by atoms with Gasteiger partial charge in [0.1, 0.15) is 0 Å². The van der Waals surface area contributed by atoms with Gasteiger partial charge in [-0.25, -0.2) is 0 Å². The fourth-order valence-corrected chi connectivity index (χ4v) is 3.36. The molecule has 2 aliphatic rings.